The van der Waals surface area contributed by atoms with E-state index in [1.165, 1.54) is 13.2 Å². The first-order valence-electron chi connectivity index (χ1n) is 15.0. The molecule has 0 spiro atoms. The molecular weight excluding hydrogens is 620 g/mol. The molecule has 0 saturated carbocycles. The highest BCUT2D eigenvalue weighted by Crippen LogP contribution is 2.24. The lowest BCUT2D eigenvalue weighted by Gasteiger charge is -2.09. The second-order valence-electron chi connectivity index (χ2n) is 10.6. The molecule has 0 fully saturated rings. The van der Waals surface area contributed by atoms with Crippen molar-refractivity contribution in [1.82, 2.24) is 20.4 Å². The van der Waals surface area contributed by atoms with Gasteiger partial charge in [0.25, 0.3) is 5.82 Å². The molecule has 0 atom stereocenters. The standard InChI is InChI=1S/C35H34N4O9/c1-22(2)32(41)46-18-8-6-5-7-17-45-28-14-13-25-20-27(12-11-26(25)21-28)33(42)48-35-38-36-31(37-39-35)34(43)47-29-15-9-24(19-23(29)3)10-16-30(40)44-4/h9-16,19-21H,1,5-8,17-18H2,2-4H3/b16-10+. The highest BCUT2D eigenvalue weighted by Gasteiger charge is 2.18. The third kappa shape index (κ3) is 10.3. The zero-order valence-corrected chi connectivity index (χ0v) is 26.8. The fourth-order valence-electron chi connectivity index (χ4n) is 4.23. The second kappa shape index (κ2) is 17.1. The summed E-state index contributed by atoms with van der Waals surface area (Å²) in [4.78, 5) is 47.9. The van der Waals surface area contributed by atoms with Gasteiger partial charge < -0.3 is 23.7 Å². The summed E-state index contributed by atoms with van der Waals surface area (Å²) in [5, 5.41) is 16.4. The molecule has 13 heteroatoms. The zero-order chi connectivity index (χ0) is 34.5. The third-order valence-electron chi connectivity index (χ3n) is 6.78. The minimum Gasteiger partial charge on any atom is -0.494 e. The second-order valence-corrected chi connectivity index (χ2v) is 10.6. The minimum atomic E-state index is -0.912. The summed E-state index contributed by atoms with van der Waals surface area (Å²) in [5.74, 6) is -1.99. The van der Waals surface area contributed by atoms with E-state index in [1.54, 1.807) is 56.3 Å². The van der Waals surface area contributed by atoms with Crippen molar-refractivity contribution >= 4 is 40.7 Å². The Bertz CT molecular complexity index is 1840. The molecule has 4 aromatic rings. The van der Waals surface area contributed by atoms with Gasteiger partial charge in [-0.25, -0.2) is 19.2 Å². The molecule has 1 aromatic heterocycles. The van der Waals surface area contributed by atoms with Crippen LogP contribution in [0.5, 0.6) is 17.5 Å². The molecule has 0 unspecified atom stereocenters. The smallest absolute Gasteiger partial charge is 0.385 e. The molecule has 0 radical (unpaired) electrons. The first kappa shape index (κ1) is 34.9. The van der Waals surface area contributed by atoms with Crippen LogP contribution in [0.25, 0.3) is 16.8 Å². The topological polar surface area (TPSA) is 166 Å². The summed E-state index contributed by atoms with van der Waals surface area (Å²) in [6, 6.07) is 15.0. The number of methoxy groups -OCH3 is 1. The zero-order valence-electron chi connectivity index (χ0n) is 26.8. The Kier molecular flexibility index (Phi) is 12.4. The molecule has 0 aliphatic carbocycles. The Labute approximate surface area is 276 Å². The largest absolute Gasteiger partial charge is 0.494 e. The molecular formula is C35H34N4O9. The highest BCUT2D eigenvalue weighted by atomic mass is 16.6. The van der Waals surface area contributed by atoms with E-state index in [-0.39, 0.29) is 17.3 Å². The first-order valence-corrected chi connectivity index (χ1v) is 15.0. The summed E-state index contributed by atoms with van der Waals surface area (Å²) in [5.41, 5.74) is 1.96. The lowest BCUT2D eigenvalue weighted by molar-refractivity contribution is -0.139. The van der Waals surface area contributed by atoms with Gasteiger partial charge in [0, 0.05) is 11.6 Å². The lowest BCUT2D eigenvalue weighted by Crippen LogP contribution is -2.17. The van der Waals surface area contributed by atoms with Crippen molar-refractivity contribution in [2.24, 2.45) is 0 Å². The van der Waals surface area contributed by atoms with Crippen molar-refractivity contribution < 1.29 is 42.9 Å². The first-order chi connectivity index (χ1) is 23.1. The minimum absolute atomic E-state index is 0.247. The highest BCUT2D eigenvalue weighted by molar-refractivity contribution is 5.96. The average molecular weight is 655 g/mol. The SMILES string of the molecule is C=C(C)C(=O)OCCCCCCOc1ccc2cc(C(=O)Oc3nnc(C(=O)Oc4ccc(/C=C/C(=O)OC)cc4C)nn3)ccc2c1. The number of unbranched alkanes of at least 4 members (excludes halogenated alkanes) is 3. The number of esters is 4. The van der Waals surface area contributed by atoms with Gasteiger partial charge in [0.15, 0.2) is 0 Å². The van der Waals surface area contributed by atoms with Crippen molar-refractivity contribution in [3.05, 3.63) is 95.3 Å². The van der Waals surface area contributed by atoms with Crippen LogP contribution in [0.15, 0.2) is 72.8 Å². The van der Waals surface area contributed by atoms with Crippen molar-refractivity contribution in [3.8, 4) is 17.5 Å². The maximum Gasteiger partial charge on any atom is 0.385 e. The van der Waals surface area contributed by atoms with Crippen molar-refractivity contribution in [1.29, 1.82) is 0 Å². The fraction of sp³-hybridized carbons (Fsp3) is 0.257. The van der Waals surface area contributed by atoms with Gasteiger partial charge in [-0.15, -0.1) is 10.2 Å². The van der Waals surface area contributed by atoms with Gasteiger partial charge in [0.1, 0.15) is 11.5 Å². The van der Waals surface area contributed by atoms with Crippen LogP contribution in [0.1, 0.15) is 64.7 Å². The molecule has 1 heterocycles. The average Bonchev–Trinajstić information content (AvgIpc) is 3.09. The molecule has 0 amide bonds. The Morgan fingerprint density at radius 1 is 0.792 bits per heavy atom. The molecule has 0 bridgehead atoms. The lowest BCUT2D eigenvalue weighted by atomic mass is 10.1. The summed E-state index contributed by atoms with van der Waals surface area (Å²) >= 11 is 0. The molecule has 0 aliphatic heterocycles. The van der Waals surface area contributed by atoms with E-state index in [9.17, 15) is 19.2 Å². The monoisotopic (exact) mass is 654 g/mol. The van der Waals surface area contributed by atoms with E-state index in [0.29, 0.717) is 35.7 Å². The van der Waals surface area contributed by atoms with E-state index >= 15 is 0 Å². The number of carbonyl (C=O) groups is 4. The third-order valence-corrected chi connectivity index (χ3v) is 6.78. The number of hydrogen-bond donors (Lipinski definition) is 0. The van der Waals surface area contributed by atoms with Crippen LogP contribution in [0.2, 0.25) is 0 Å². The predicted molar refractivity (Wildman–Crippen MR) is 173 cm³/mol. The van der Waals surface area contributed by atoms with Crippen molar-refractivity contribution in [2.75, 3.05) is 20.3 Å². The van der Waals surface area contributed by atoms with Gasteiger partial charge in [-0.2, -0.15) is 0 Å². The van der Waals surface area contributed by atoms with E-state index in [1.807, 2.05) is 18.2 Å². The van der Waals surface area contributed by atoms with Crippen LogP contribution in [0.3, 0.4) is 0 Å². The van der Waals surface area contributed by atoms with Crippen LogP contribution in [-0.2, 0) is 19.1 Å². The van der Waals surface area contributed by atoms with Gasteiger partial charge in [0.05, 0.1) is 25.9 Å². The Balaban J connectivity index is 1.24. The summed E-state index contributed by atoms with van der Waals surface area (Å²) in [6.45, 7) is 7.83. The van der Waals surface area contributed by atoms with Crippen molar-refractivity contribution in [3.63, 3.8) is 0 Å². The molecule has 0 N–H and O–H groups in total. The maximum atomic E-state index is 12.7. The van der Waals surface area contributed by atoms with Gasteiger partial charge in [-0.1, -0.05) is 35.0 Å². The van der Waals surface area contributed by atoms with Gasteiger partial charge in [0.2, 0.25) is 0 Å². The molecule has 4 rings (SSSR count). The van der Waals surface area contributed by atoms with Crippen LogP contribution in [-0.4, -0.2) is 64.6 Å². The molecule has 0 saturated heterocycles. The molecule has 248 valence electrons. The van der Waals surface area contributed by atoms with E-state index < -0.39 is 29.7 Å². The number of carbonyl (C=O) groups excluding carboxylic acids is 4. The molecule has 48 heavy (non-hydrogen) atoms. The van der Waals surface area contributed by atoms with E-state index in [4.69, 9.17) is 18.9 Å². The van der Waals surface area contributed by atoms with Crippen LogP contribution >= 0.6 is 0 Å². The normalized spacial score (nSPS) is 10.8. The number of nitrogens with zero attached hydrogens (tertiary/aromatic N) is 4. The number of aryl methyl sites for hydroxylation is 1. The number of rotatable bonds is 15. The molecule has 3 aromatic carbocycles. The maximum absolute atomic E-state index is 12.7. The van der Waals surface area contributed by atoms with Gasteiger partial charge >= 0.3 is 29.9 Å². The molecule has 13 nitrogen and oxygen atoms in total. The van der Waals surface area contributed by atoms with Gasteiger partial charge in [-0.05, 0) is 104 Å². The summed E-state index contributed by atoms with van der Waals surface area (Å²) in [7, 11) is 1.28. The van der Waals surface area contributed by atoms with E-state index in [2.05, 4.69) is 31.7 Å². The van der Waals surface area contributed by atoms with Crippen LogP contribution in [0, 0.1) is 6.92 Å². The van der Waals surface area contributed by atoms with Crippen molar-refractivity contribution in [2.45, 2.75) is 39.5 Å². The van der Waals surface area contributed by atoms with Crippen LogP contribution < -0.4 is 14.2 Å². The number of benzene rings is 3. The van der Waals surface area contributed by atoms with Crippen LogP contribution in [0.4, 0.5) is 0 Å². The number of aromatic nitrogens is 4. The van der Waals surface area contributed by atoms with Gasteiger partial charge in [-0.3, -0.25) is 0 Å². The fourth-order valence-corrected chi connectivity index (χ4v) is 4.23. The summed E-state index contributed by atoms with van der Waals surface area (Å²) in [6.07, 6.45) is 6.35. The Morgan fingerprint density at radius 3 is 2.21 bits per heavy atom. The number of hydrogen-bond acceptors (Lipinski definition) is 13. The Morgan fingerprint density at radius 2 is 1.50 bits per heavy atom. The number of fused-ring (bicyclic) bond motifs is 1. The number of ether oxygens (including phenoxy) is 5. The van der Waals surface area contributed by atoms with E-state index in [0.717, 1.165) is 36.5 Å². The quantitative estimate of drug-likeness (QED) is 0.0692. The molecule has 0 aliphatic rings. The predicted octanol–water partition coefficient (Wildman–Crippen LogP) is 5.41. The Hall–Kier alpha value is -5.98. The summed E-state index contributed by atoms with van der Waals surface area (Å²) < 4.78 is 26.1.